The fraction of sp³-hybridized carbons (Fsp3) is 0.250. The standard InChI is InChI=1S/C12H15NO4/c1-13-5-3-2-4-8-6-9(12(16)17)11(15)7-10(8)14/h2,4,6-7,13-15H,3,5H2,1H3,(H,16,17). The SMILES string of the molecule is CNCCC=Cc1cc(C(=O)O)c(O)cc1O. The first kappa shape index (κ1) is 13.1. The molecule has 0 radical (unpaired) electrons. The molecule has 0 saturated heterocycles. The van der Waals surface area contributed by atoms with Gasteiger partial charge in [-0.05, 0) is 26.1 Å². The first-order chi connectivity index (χ1) is 8.06. The molecule has 4 N–H and O–H groups in total. The van der Waals surface area contributed by atoms with Gasteiger partial charge in [-0.1, -0.05) is 12.2 Å². The van der Waals surface area contributed by atoms with Crippen LogP contribution in [0.2, 0.25) is 0 Å². The maximum Gasteiger partial charge on any atom is 0.339 e. The molecule has 0 saturated carbocycles. The second-order valence-corrected chi connectivity index (χ2v) is 3.53. The van der Waals surface area contributed by atoms with Crippen LogP contribution in [0.1, 0.15) is 22.3 Å². The summed E-state index contributed by atoms with van der Waals surface area (Å²) in [5, 5.41) is 30.6. The molecule has 0 aliphatic heterocycles. The Morgan fingerprint density at radius 1 is 1.35 bits per heavy atom. The number of hydrogen-bond acceptors (Lipinski definition) is 4. The van der Waals surface area contributed by atoms with Crippen molar-refractivity contribution in [2.24, 2.45) is 0 Å². The second-order valence-electron chi connectivity index (χ2n) is 3.53. The average molecular weight is 237 g/mol. The van der Waals surface area contributed by atoms with Crippen LogP contribution in [0.3, 0.4) is 0 Å². The van der Waals surface area contributed by atoms with Crippen LogP contribution in [-0.2, 0) is 0 Å². The Kier molecular flexibility index (Phi) is 4.54. The fourth-order valence-corrected chi connectivity index (χ4v) is 1.34. The van der Waals surface area contributed by atoms with E-state index in [0.717, 1.165) is 19.0 Å². The molecule has 0 heterocycles. The molecule has 5 heteroatoms. The zero-order valence-electron chi connectivity index (χ0n) is 9.47. The molecular weight excluding hydrogens is 222 g/mol. The van der Waals surface area contributed by atoms with Gasteiger partial charge in [-0.15, -0.1) is 0 Å². The number of nitrogens with one attached hydrogen (secondary N) is 1. The summed E-state index contributed by atoms with van der Waals surface area (Å²) in [4.78, 5) is 10.8. The fourth-order valence-electron chi connectivity index (χ4n) is 1.34. The van der Waals surface area contributed by atoms with Gasteiger partial charge in [0.05, 0.1) is 0 Å². The van der Waals surface area contributed by atoms with E-state index < -0.39 is 11.7 Å². The molecule has 0 unspecified atom stereocenters. The molecule has 17 heavy (non-hydrogen) atoms. The summed E-state index contributed by atoms with van der Waals surface area (Å²) in [5.41, 5.74) is 0.146. The van der Waals surface area contributed by atoms with Crippen LogP contribution in [-0.4, -0.2) is 34.9 Å². The van der Waals surface area contributed by atoms with Crippen molar-refractivity contribution in [3.63, 3.8) is 0 Å². The van der Waals surface area contributed by atoms with E-state index in [0.29, 0.717) is 5.56 Å². The normalized spacial score (nSPS) is 10.9. The highest BCUT2D eigenvalue weighted by atomic mass is 16.4. The maximum atomic E-state index is 10.8. The number of carboxylic acid groups (broad SMARTS) is 1. The molecule has 1 rings (SSSR count). The van der Waals surface area contributed by atoms with Crippen LogP contribution in [0.15, 0.2) is 18.2 Å². The lowest BCUT2D eigenvalue weighted by molar-refractivity contribution is 0.0693. The largest absolute Gasteiger partial charge is 0.507 e. The minimum atomic E-state index is -1.23. The first-order valence-electron chi connectivity index (χ1n) is 5.16. The molecular formula is C12H15NO4. The highest BCUT2D eigenvalue weighted by Gasteiger charge is 2.12. The number of carbonyl (C=O) groups is 1. The highest BCUT2D eigenvalue weighted by Crippen LogP contribution is 2.28. The number of rotatable bonds is 5. The topological polar surface area (TPSA) is 89.8 Å². The zero-order valence-corrected chi connectivity index (χ0v) is 9.47. The van der Waals surface area contributed by atoms with Gasteiger partial charge in [0.15, 0.2) is 0 Å². The van der Waals surface area contributed by atoms with Crippen molar-refractivity contribution in [3.8, 4) is 11.5 Å². The Labute approximate surface area is 99.0 Å². The van der Waals surface area contributed by atoms with E-state index in [1.54, 1.807) is 6.08 Å². The number of phenolic OH excluding ortho intramolecular Hbond substituents is 1. The number of aromatic carboxylic acids is 1. The van der Waals surface area contributed by atoms with Gasteiger partial charge in [0.2, 0.25) is 0 Å². The molecule has 1 aromatic carbocycles. The van der Waals surface area contributed by atoms with E-state index in [1.807, 2.05) is 13.1 Å². The summed E-state index contributed by atoms with van der Waals surface area (Å²) >= 11 is 0. The number of aromatic hydroxyl groups is 2. The van der Waals surface area contributed by atoms with Gasteiger partial charge < -0.3 is 20.6 Å². The maximum absolute atomic E-state index is 10.8. The summed E-state index contributed by atoms with van der Waals surface area (Å²) in [6.45, 7) is 0.793. The predicted octanol–water partition coefficient (Wildman–Crippen LogP) is 1.42. The molecule has 0 spiro atoms. The molecule has 92 valence electrons. The van der Waals surface area contributed by atoms with Gasteiger partial charge in [0.25, 0.3) is 0 Å². The lowest BCUT2D eigenvalue weighted by atomic mass is 10.1. The smallest absolute Gasteiger partial charge is 0.339 e. The molecule has 0 amide bonds. The number of hydrogen-bond donors (Lipinski definition) is 4. The van der Waals surface area contributed by atoms with Crippen LogP contribution in [0.4, 0.5) is 0 Å². The molecule has 0 bridgehead atoms. The summed E-state index contributed by atoms with van der Waals surface area (Å²) in [6.07, 6.45) is 4.20. The van der Waals surface area contributed by atoms with Crippen molar-refractivity contribution in [2.75, 3.05) is 13.6 Å². The Balaban J connectivity index is 2.95. The van der Waals surface area contributed by atoms with Crippen molar-refractivity contribution < 1.29 is 20.1 Å². The lowest BCUT2D eigenvalue weighted by Gasteiger charge is -2.04. The van der Waals surface area contributed by atoms with Gasteiger partial charge in [0.1, 0.15) is 17.1 Å². The summed E-state index contributed by atoms with van der Waals surface area (Å²) in [7, 11) is 1.83. The van der Waals surface area contributed by atoms with Gasteiger partial charge in [-0.25, -0.2) is 4.79 Å². The van der Waals surface area contributed by atoms with E-state index in [9.17, 15) is 15.0 Å². The third-order valence-electron chi connectivity index (χ3n) is 2.23. The van der Waals surface area contributed by atoms with E-state index >= 15 is 0 Å². The molecule has 0 aliphatic carbocycles. The van der Waals surface area contributed by atoms with Gasteiger partial charge >= 0.3 is 5.97 Å². The zero-order chi connectivity index (χ0) is 12.8. The number of phenols is 2. The third kappa shape index (κ3) is 3.49. The van der Waals surface area contributed by atoms with Crippen molar-refractivity contribution in [2.45, 2.75) is 6.42 Å². The monoisotopic (exact) mass is 237 g/mol. The van der Waals surface area contributed by atoms with Crippen molar-refractivity contribution in [3.05, 3.63) is 29.3 Å². The summed E-state index contributed by atoms with van der Waals surface area (Å²) in [6, 6.07) is 2.27. The first-order valence-corrected chi connectivity index (χ1v) is 5.16. The molecule has 0 aromatic heterocycles. The Morgan fingerprint density at radius 3 is 2.65 bits per heavy atom. The number of carboxylic acids is 1. The van der Waals surface area contributed by atoms with Crippen LogP contribution >= 0.6 is 0 Å². The Hall–Kier alpha value is -2.01. The minimum Gasteiger partial charge on any atom is -0.507 e. The summed E-state index contributed by atoms with van der Waals surface area (Å²) < 4.78 is 0. The van der Waals surface area contributed by atoms with Crippen LogP contribution in [0, 0.1) is 0 Å². The van der Waals surface area contributed by atoms with Gasteiger partial charge in [0, 0.05) is 11.6 Å². The molecule has 1 aromatic rings. The Morgan fingerprint density at radius 2 is 2.06 bits per heavy atom. The highest BCUT2D eigenvalue weighted by molar-refractivity contribution is 5.92. The summed E-state index contributed by atoms with van der Waals surface area (Å²) in [5.74, 6) is -1.82. The average Bonchev–Trinajstić information content (AvgIpc) is 2.26. The second kappa shape index (κ2) is 5.91. The van der Waals surface area contributed by atoms with Crippen molar-refractivity contribution in [1.29, 1.82) is 0 Å². The van der Waals surface area contributed by atoms with Crippen LogP contribution < -0.4 is 5.32 Å². The van der Waals surface area contributed by atoms with E-state index in [2.05, 4.69) is 5.32 Å². The minimum absolute atomic E-state index is 0.145. The molecule has 0 aliphatic rings. The van der Waals surface area contributed by atoms with E-state index in [-0.39, 0.29) is 11.3 Å². The van der Waals surface area contributed by atoms with Crippen LogP contribution in [0.5, 0.6) is 11.5 Å². The molecule has 0 atom stereocenters. The van der Waals surface area contributed by atoms with Gasteiger partial charge in [-0.3, -0.25) is 0 Å². The van der Waals surface area contributed by atoms with E-state index in [4.69, 9.17) is 5.11 Å². The predicted molar refractivity (Wildman–Crippen MR) is 64.3 cm³/mol. The van der Waals surface area contributed by atoms with E-state index in [1.165, 1.54) is 6.07 Å². The molecule has 5 nitrogen and oxygen atoms in total. The van der Waals surface area contributed by atoms with Gasteiger partial charge in [-0.2, -0.15) is 0 Å². The molecule has 0 fully saturated rings. The number of benzene rings is 1. The van der Waals surface area contributed by atoms with Crippen molar-refractivity contribution in [1.82, 2.24) is 5.32 Å². The van der Waals surface area contributed by atoms with Crippen molar-refractivity contribution >= 4 is 12.0 Å². The Bertz CT molecular complexity index is 440. The lowest BCUT2D eigenvalue weighted by Crippen LogP contribution is -2.05. The quantitative estimate of drug-likeness (QED) is 0.581. The third-order valence-corrected chi connectivity index (χ3v) is 2.23. The van der Waals surface area contributed by atoms with Crippen LogP contribution in [0.25, 0.3) is 6.08 Å².